The zero-order valence-corrected chi connectivity index (χ0v) is 63.5. The number of ether oxygens (including phenoxy) is 4. The summed E-state index contributed by atoms with van der Waals surface area (Å²) in [5.41, 5.74) is 0.767. The molecule has 6 amide bonds. The van der Waals surface area contributed by atoms with Crippen molar-refractivity contribution in [3.63, 3.8) is 0 Å². The third-order valence-corrected chi connectivity index (χ3v) is 28.2. The second-order valence-corrected chi connectivity index (χ2v) is 34.4. The van der Waals surface area contributed by atoms with Crippen molar-refractivity contribution in [3.05, 3.63) is 0 Å². The van der Waals surface area contributed by atoms with Crippen LogP contribution in [-0.2, 0) is 47.7 Å². The molecular weight excluding hydrogens is 1280 g/mol. The van der Waals surface area contributed by atoms with Gasteiger partial charge in [-0.3, -0.25) is 28.8 Å². The zero-order valence-electron chi connectivity index (χ0n) is 63.5. The van der Waals surface area contributed by atoms with E-state index in [2.05, 4.69) is 80.4 Å². The van der Waals surface area contributed by atoms with Crippen LogP contribution in [0.2, 0.25) is 0 Å². The van der Waals surface area contributed by atoms with Crippen LogP contribution in [0.5, 0.6) is 0 Å². The number of fused-ring (bicyclic) bond motifs is 10. The SMILES string of the molecule is CCCC(CO)CCCCNC(=O)C[C@H](CCCCNC(=O)COCCOCCNC(=O)CCC(C)[C@H]1CCC2C3C(CC[C@@]21C)[C@@]1(C)CC[C@@H](O)CC1C[C@@H]3O)NC(=O)CCCNC(=O)COCCOCCNC(=O)CCC(C)[C@H]1CCC2C3C(CC[C@@]21C)[C@@]1(C)CC[C@@H](O)CC1C[C@@H]3O. The number of unbranched alkanes of at least 4 members (excludes halogenated alkanes) is 2. The molecule has 8 rings (SSSR count). The Hall–Kier alpha value is -3.54. The summed E-state index contributed by atoms with van der Waals surface area (Å²) in [4.78, 5) is 77.3. The molecule has 22 atom stereocenters. The van der Waals surface area contributed by atoms with E-state index in [-0.39, 0.29) is 153 Å². The van der Waals surface area contributed by atoms with E-state index in [4.69, 9.17) is 18.9 Å². The van der Waals surface area contributed by atoms with Gasteiger partial charge in [0.1, 0.15) is 13.2 Å². The fourth-order valence-corrected chi connectivity index (χ4v) is 22.6. The lowest BCUT2D eigenvalue weighted by Gasteiger charge is -2.62. The van der Waals surface area contributed by atoms with Gasteiger partial charge in [0.05, 0.1) is 64.1 Å². The second-order valence-electron chi connectivity index (χ2n) is 34.4. The lowest BCUT2D eigenvalue weighted by atomic mass is 9.43. The Kier molecular flexibility index (Phi) is 33.3. The number of hydrogen-bond donors (Lipinski definition) is 11. The number of amides is 6. The van der Waals surface area contributed by atoms with Gasteiger partial charge in [-0.05, 0) is 259 Å². The van der Waals surface area contributed by atoms with Gasteiger partial charge in [-0.1, -0.05) is 61.3 Å². The van der Waals surface area contributed by atoms with Gasteiger partial charge in [0, 0.05) is 71.1 Å². The smallest absolute Gasteiger partial charge is 0.245 e. The summed E-state index contributed by atoms with van der Waals surface area (Å²) in [7, 11) is 0. The molecule has 11 unspecified atom stereocenters. The van der Waals surface area contributed by atoms with Crippen molar-refractivity contribution in [2.24, 2.45) is 98.6 Å². The van der Waals surface area contributed by atoms with E-state index in [0.29, 0.717) is 149 Å². The van der Waals surface area contributed by atoms with Crippen LogP contribution in [0, 0.1) is 98.6 Å². The van der Waals surface area contributed by atoms with E-state index >= 15 is 0 Å². The van der Waals surface area contributed by atoms with Crippen molar-refractivity contribution in [3.8, 4) is 0 Å². The maximum Gasteiger partial charge on any atom is 0.245 e. The molecule has 0 aromatic rings. The number of aliphatic hydroxyl groups is 5. The highest BCUT2D eigenvalue weighted by atomic mass is 16.5. The van der Waals surface area contributed by atoms with E-state index in [0.717, 1.165) is 135 Å². The molecule has 0 heterocycles. The molecule has 21 heteroatoms. The lowest BCUT2D eigenvalue weighted by molar-refractivity contribution is -0.174. The predicted octanol–water partition coefficient (Wildman–Crippen LogP) is 8.85. The maximum absolute atomic E-state index is 13.2. The standard InChI is InChI=1S/C80H140N6O15/c1-8-14-55(50-87)15-9-11-34-81-72(95)49-58(16-10-12-35-82-73(96)51-100-43-41-98-39-37-84-69(92)24-18-53(2)61-20-22-63-75-65(28-32-79(61,63)6)77(4)30-26-59(88)45-56(77)47-67(75)90)86-71(94)17-13-36-83-74(97)52-101-44-42-99-40-38-85-70(93)25-19-54(3)62-21-23-64-76-66(29-33-80(62,64)7)78(5)31-27-60(89)46-57(78)48-68(76)91/h53-68,75-76,87-91H,8-52H2,1-7H3,(H,81,95)(H,82,96)(H,83,97)(H,84,92)(H,85,93)(H,86,94)/t53?,54?,55?,56?,57?,58-,59+,60+,61+,62+,63?,64?,65?,66?,67-,68-,75?,76?,77-,78-,79+,80+/m0/s1. The molecule has 101 heavy (non-hydrogen) atoms. The van der Waals surface area contributed by atoms with Crippen LogP contribution in [0.3, 0.4) is 0 Å². The largest absolute Gasteiger partial charge is 0.396 e. The molecule has 0 aromatic heterocycles. The monoisotopic (exact) mass is 1430 g/mol. The molecule has 8 saturated carbocycles. The number of aliphatic hydroxyl groups excluding tert-OH is 5. The van der Waals surface area contributed by atoms with Gasteiger partial charge in [-0.15, -0.1) is 0 Å². The van der Waals surface area contributed by atoms with E-state index in [1.54, 1.807) is 0 Å². The fraction of sp³-hybridized carbons (Fsp3) is 0.925. The first-order valence-corrected chi connectivity index (χ1v) is 40.7. The first-order chi connectivity index (χ1) is 48.4. The summed E-state index contributed by atoms with van der Waals surface area (Å²) in [6.07, 6.45) is 25.0. The number of carbonyl (C=O) groups is 6. The Bertz CT molecular complexity index is 2570. The minimum absolute atomic E-state index is 0.0175. The molecule has 580 valence electrons. The van der Waals surface area contributed by atoms with Gasteiger partial charge in [-0.25, -0.2) is 0 Å². The van der Waals surface area contributed by atoms with Crippen molar-refractivity contribution in [2.75, 3.05) is 92.2 Å². The minimum Gasteiger partial charge on any atom is -0.396 e. The highest BCUT2D eigenvalue weighted by Crippen LogP contribution is 2.70. The highest BCUT2D eigenvalue weighted by molar-refractivity contribution is 5.80. The van der Waals surface area contributed by atoms with Gasteiger partial charge in [0.25, 0.3) is 0 Å². The molecule has 0 bridgehead atoms. The Balaban J connectivity index is 0.619. The number of carbonyl (C=O) groups excluding carboxylic acids is 6. The van der Waals surface area contributed by atoms with Crippen LogP contribution in [-0.4, -0.2) is 184 Å². The van der Waals surface area contributed by atoms with Crippen LogP contribution in [0.25, 0.3) is 0 Å². The average molecular weight is 1430 g/mol. The van der Waals surface area contributed by atoms with Gasteiger partial charge in [0.15, 0.2) is 0 Å². The summed E-state index contributed by atoms with van der Waals surface area (Å²) in [6, 6.07) is -0.424. The Morgan fingerprint density at radius 3 is 1.33 bits per heavy atom. The van der Waals surface area contributed by atoms with Gasteiger partial charge in [-0.2, -0.15) is 0 Å². The molecule has 0 saturated heterocycles. The number of hydrogen-bond acceptors (Lipinski definition) is 15. The van der Waals surface area contributed by atoms with Crippen molar-refractivity contribution >= 4 is 35.4 Å². The molecule has 0 aliphatic heterocycles. The number of nitrogens with one attached hydrogen (secondary N) is 6. The Labute approximate surface area is 606 Å². The van der Waals surface area contributed by atoms with Crippen molar-refractivity contribution < 1.29 is 73.2 Å². The molecule has 11 N–H and O–H groups in total. The van der Waals surface area contributed by atoms with E-state index < -0.39 is 6.04 Å². The summed E-state index contributed by atoms with van der Waals surface area (Å²) < 4.78 is 22.4. The van der Waals surface area contributed by atoms with Gasteiger partial charge < -0.3 is 76.4 Å². The Morgan fingerprint density at radius 2 is 0.851 bits per heavy atom. The molecule has 8 aliphatic carbocycles. The van der Waals surface area contributed by atoms with Crippen LogP contribution < -0.4 is 31.9 Å². The minimum atomic E-state index is -0.424. The van der Waals surface area contributed by atoms with Gasteiger partial charge >= 0.3 is 0 Å². The van der Waals surface area contributed by atoms with Crippen molar-refractivity contribution in [1.82, 2.24) is 31.9 Å². The summed E-state index contributed by atoms with van der Waals surface area (Å²) >= 11 is 0. The third-order valence-electron chi connectivity index (χ3n) is 28.2. The molecule has 0 aromatic carbocycles. The molecule has 8 aliphatic rings. The number of rotatable bonds is 44. The normalized spacial score (nSPS) is 34.5. The van der Waals surface area contributed by atoms with Crippen LogP contribution in [0.4, 0.5) is 0 Å². The maximum atomic E-state index is 13.2. The van der Waals surface area contributed by atoms with Gasteiger partial charge in [0.2, 0.25) is 35.4 Å². The predicted molar refractivity (Wildman–Crippen MR) is 389 cm³/mol. The van der Waals surface area contributed by atoms with E-state index in [1.807, 2.05) is 0 Å². The molecule has 0 spiro atoms. The summed E-state index contributed by atoms with van der Waals surface area (Å²) in [5, 5.41) is 71.5. The quantitative estimate of drug-likeness (QED) is 0.0254. The van der Waals surface area contributed by atoms with Crippen LogP contribution in [0.1, 0.15) is 248 Å². The second kappa shape index (κ2) is 40.4. The van der Waals surface area contributed by atoms with E-state index in [1.165, 1.54) is 12.8 Å². The summed E-state index contributed by atoms with van der Waals surface area (Å²) in [6.45, 7) is 20.1. The molecule has 8 fully saturated rings. The Morgan fingerprint density at radius 1 is 0.426 bits per heavy atom. The fourth-order valence-electron chi connectivity index (χ4n) is 22.6. The van der Waals surface area contributed by atoms with Crippen LogP contribution in [0.15, 0.2) is 0 Å². The van der Waals surface area contributed by atoms with Crippen LogP contribution >= 0.6 is 0 Å². The average Bonchev–Trinajstić information content (AvgIpc) is 1.71. The zero-order chi connectivity index (χ0) is 72.7. The van der Waals surface area contributed by atoms with Crippen molar-refractivity contribution in [2.45, 2.75) is 278 Å². The summed E-state index contributed by atoms with van der Waals surface area (Å²) in [5.74, 6) is 4.78. The topological polar surface area (TPSA) is 313 Å². The lowest BCUT2D eigenvalue weighted by Crippen LogP contribution is -2.58. The highest BCUT2D eigenvalue weighted by Gasteiger charge is 2.65. The first kappa shape index (κ1) is 83.1. The third kappa shape index (κ3) is 22.8. The molecule has 0 radical (unpaired) electrons. The first-order valence-electron chi connectivity index (χ1n) is 40.7. The molecule has 21 nitrogen and oxygen atoms in total. The van der Waals surface area contributed by atoms with Crippen molar-refractivity contribution in [1.29, 1.82) is 0 Å². The van der Waals surface area contributed by atoms with E-state index in [9.17, 15) is 54.3 Å². The molecular formula is C80H140N6O15.